The number of nitrogens with zero attached hydrogens (tertiary/aromatic N) is 2. The molecule has 3 rings (SSSR count). The maximum Gasteiger partial charge on any atom is 0.256 e. The second kappa shape index (κ2) is 9.40. The number of aromatic amines is 1. The first-order valence-corrected chi connectivity index (χ1v) is 10.4. The molecular formula is C18H25ClN4O4S. The minimum atomic E-state index is -3.59. The average molecular weight is 429 g/mol. The molecule has 1 aliphatic heterocycles. The molecule has 1 saturated heterocycles. The number of hydrogen-bond acceptors (Lipinski definition) is 5. The van der Waals surface area contributed by atoms with E-state index in [1.807, 2.05) is 13.8 Å². The van der Waals surface area contributed by atoms with Crippen LogP contribution < -0.4 is 10.1 Å². The van der Waals surface area contributed by atoms with Gasteiger partial charge in [-0.2, -0.15) is 4.31 Å². The number of hydrogen-bond donors (Lipinski definition) is 2. The third-order valence-electron chi connectivity index (χ3n) is 4.21. The summed E-state index contributed by atoms with van der Waals surface area (Å²) in [6, 6.07) is 7.65. The van der Waals surface area contributed by atoms with E-state index in [9.17, 15) is 13.2 Å². The molecule has 28 heavy (non-hydrogen) atoms. The van der Waals surface area contributed by atoms with Crippen LogP contribution in [0.2, 0.25) is 0 Å². The number of rotatable bonds is 6. The SMILES string of the molecule is CC(C)Oc1cc(NC(=O)c2cccc(S(=O)(=O)N3CCCCC3)c2)[nH]n1.Cl. The van der Waals surface area contributed by atoms with Crippen molar-refractivity contribution in [2.45, 2.75) is 44.1 Å². The summed E-state index contributed by atoms with van der Waals surface area (Å²) in [5.41, 5.74) is 0.258. The van der Waals surface area contributed by atoms with E-state index >= 15 is 0 Å². The fraction of sp³-hybridized carbons (Fsp3) is 0.444. The summed E-state index contributed by atoms with van der Waals surface area (Å²) in [4.78, 5) is 12.6. The molecule has 154 valence electrons. The van der Waals surface area contributed by atoms with Gasteiger partial charge in [0.1, 0.15) is 5.82 Å². The second-order valence-electron chi connectivity index (χ2n) is 6.73. The molecule has 8 nitrogen and oxygen atoms in total. The summed E-state index contributed by atoms with van der Waals surface area (Å²) in [6.45, 7) is 4.79. The number of piperidine rings is 1. The van der Waals surface area contributed by atoms with Crippen molar-refractivity contribution in [3.05, 3.63) is 35.9 Å². The fourth-order valence-corrected chi connectivity index (χ4v) is 4.48. The number of benzene rings is 1. The number of sulfonamides is 1. The molecule has 0 bridgehead atoms. The lowest BCUT2D eigenvalue weighted by molar-refractivity contribution is 0.102. The number of ether oxygens (including phenoxy) is 1. The summed E-state index contributed by atoms with van der Waals surface area (Å²) in [6.07, 6.45) is 2.73. The molecule has 1 fully saturated rings. The van der Waals surface area contributed by atoms with Crippen molar-refractivity contribution in [2.24, 2.45) is 0 Å². The van der Waals surface area contributed by atoms with Crippen LogP contribution in [-0.4, -0.2) is 48.0 Å². The number of H-pyrrole nitrogens is 1. The van der Waals surface area contributed by atoms with Gasteiger partial charge < -0.3 is 10.1 Å². The molecule has 0 saturated carbocycles. The maximum atomic E-state index is 12.8. The Hall–Kier alpha value is -2.10. The largest absolute Gasteiger partial charge is 0.474 e. The van der Waals surface area contributed by atoms with Crippen molar-refractivity contribution < 1.29 is 17.9 Å². The van der Waals surface area contributed by atoms with E-state index in [1.54, 1.807) is 18.2 Å². The zero-order valence-corrected chi connectivity index (χ0v) is 17.5. The first-order chi connectivity index (χ1) is 12.9. The lowest BCUT2D eigenvalue weighted by Gasteiger charge is -2.26. The van der Waals surface area contributed by atoms with E-state index in [1.165, 1.54) is 16.4 Å². The number of aromatic nitrogens is 2. The topological polar surface area (TPSA) is 104 Å². The monoisotopic (exact) mass is 428 g/mol. The van der Waals surface area contributed by atoms with Gasteiger partial charge in [0.15, 0.2) is 0 Å². The number of carbonyl (C=O) groups is 1. The molecule has 2 heterocycles. The molecule has 1 aromatic carbocycles. The Labute approximate surface area is 171 Å². The lowest BCUT2D eigenvalue weighted by atomic mass is 10.2. The van der Waals surface area contributed by atoms with Crippen molar-refractivity contribution >= 4 is 34.2 Å². The average Bonchev–Trinajstić information content (AvgIpc) is 3.08. The number of amides is 1. The third-order valence-corrected chi connectivity index (χ3v) is 6.10. The van der Waals surface area contributed by atoms with Gasteiger partial charge in [0.05, 0.1) is 11.0 Å². The Morgan fingerprint density at radius 2 is 1.93 bits per heavy atom. The van der Waals surface area contributed by atoms with Crippen LogP contribution in [0.1, 0.15) is 43.5 Å². The van der Waals surface area contributed by atoms with Gasteiger partial charge in [-0.25, -0.2) is 8.42 Å². The van der Waals surface area contributed by atoms with Crippen LogP contribution in [0.3, 0.4) is 0 Å². The van der Waals surface area contributed by atoms with Gasteiger partial charge in [0.25, 0.3) is 5.91 Å². The van der Waals surface area contributed by atoms with Crippen LogP contribution in [0, 0.1) is 0 Å². The predicted octanol–water partition coefficient (Wildman–Crippen LogP) is 3.05. The summed E-state index contributed by atoms with van der Waals surface area (Å²) >= 11 is 0. The van der Waals surface area contributed by atoms with Crippen LogP contribution >= 0.6 is 12.4 Å². The van der Waals surface area contributed by atoms with Crippen LogP contribution in [0.25, 0.3) is 0 Å². The molecule has 0 atom stereocenters. The molecule has 0 unspecified atom stereocenters. The molecule has 0 radical (unpaired) electrons. The molecule has 0 aliphatic carbocycles. The number of nitrogens with one attached hydrogen (secondary N) is 2. The molecule has 1 aromatic heterocycles. The van der Waals surface area contributed by atoms with Crippen molar-refractivity contribution in [1.29, 1.82) is 0 Å². The van der Waals surface area contributed by atoms with Crippen LogP contribution in [0.4, 0.5) is 5.82 Å². The van der Waals surface area contributed by atoms with Crippen LogP contribution in [0.5, 0.6) is 5.88 Å². The summed E-state index contributed by atoms with van der Waals surface area (Å²) in [5, 5.41) is 9.30. The lowest BCUT2D eigenvalue weighted by Crippen LogP contribution is -2.35. The summed E-state index contributed by atoms with van der Waals surface area (Å²) in [7, 11) is -3.59. The standard InChI is InChI=1S/C18H24N4O4S.ClH/c1-13(2)26-17-12-16(20-21-17)19-18(23)14-7-6-8-15(11-14)27(24,25)22-9-4-3-5-10-22;/h6-8,11-13H,3-5,9-10H2,1-2H3,(H2,19,20,21,23);1H. The molecule has 0 spiro atoms. The van der Waals surface area contributed by atoms with Crippen LogP contribution in [0.15, 0.2) is 35.2 Å². The summed E-state index contributed by atoms with van der Waals surface area (Å²) < 4.78 is 32.5. The predicted molar refractivity (Wildman–Crippen MR) is 109 cm³/mol. The Bertz CT molecular complexity index is 908. The second-order valence-corrected chi connectivity index (χ2v) is 8.67. The van der Waals surface area contributed by atoms with E-state index in [4.69, 9.17) is 4.74 Å². The third kappa shape index (κ3) is 5.24. The first-order valence-electron chi connectivity index (χ1n) is 9.00. The van der Waals surface area contributed by atoms with E-state index < -0.39 is 15.9 Å². The fourth-order valence-electron chi connectivity index (χ4n) is 2.92. The highest BCUT2D eigenvalue weighted by Crippen LogP contribution is 2.22. The highest BCUT2D eigenvalue weighted by Gasteiger charge is 2.26. The van der Waals surface area contributed by atoms with Crippen molar-refractivity contribution in [1.82, 2.24) is 14.5 Å². The highest BCUT2D eigenvalue weighted by atomic mass is 35.5. The highest BCUT2D eigenvalue weighted by molar-refractivity contribution is 7.89. The Morgan fingerprint density at radius 1 is 1.21 bits per heavy atom. The summed E-state index contributed by atoms with van der Waals surface area (Å²) in [5.74, 6) is 0.326. The van der Waals surface area contributed by atoms with E-state index in [0.717, 1.165) is 19.3 Å². The number of carbonyl (C=O) groups excluding carboxylic acids is 1. The van der Waals surface area contributed by atoms with E-state index in [0.29, 0.717) is 24.8 Å². The normalized spacial score (nSPS) is 15.1. The maximum absolute atomic E-state index is 12.8. The van der Waals surface area contributed by atoms with Gasteiger partial charge in [-0.15, -0.1) is 17.5 Å². The molecular weight excluding hydrogens is 404 g/mol. The van der Waals surface area contributed by atoms with Gasteiger partial charge in [-0.1, -0.05) is 12.5 Å². The molecule has 2 aromatic rings. The van der Waals surface area contributed by atoms with Gasteiger partial charge in [0, 0.05) is 24.7 Å². The van der Waals surface area contributed by atoms with Gasteiger partial charge >= 0.3 is 0 Å². The zero-order valence-electron chi connectivity index (χ0n) is 15.8. The smallest absolute Gasteiger partial charge is 0.256 e. The Kier molecular flexibility index (Phi) is 7.45. The zero-order chi connectivity index (χ0) is 19.4. The minimum Gasteiger partial charge on any atom is -0.474 e. The Morgan fingerprint density at radius 3 is 2.61 bits per heavy atom. The van der Waals surface area contributed by atoms with Gasteiger partial charge in [-0.05, 0) is 44.9 Å². The molecule has 2 N–H and O–H groups in total. The first kappa shape index (κ1) is 22.2. The van der Waals surface area contributed by atoms with Gasteiger partial charge in [0.2, 0.25) is 15.9 Å². The van der Waals surface area contributed by atoms with Gasteiger partial charge in [-0.3, -0.25) is 9.89 Å². The number of halogens is 1. The van der Waals surface area contributed by atoms with Crippen molar-refractivity contribution in [3.63, 3.8) is 0 Å². The molecule has 10 heteroatoms. The quantitative estimate of drug-likeness (QED) is 0.735. The minimum absolute atomic E-state index is 0. The van der Waals surface area contributed by atoms with Crippen LogP contribution in [-0.2, 0) is 10.0 Å². The molecule has 1 amide bonds. The molecule has 1 aliphatic rings. The van der Waals surface area contributed by atoms with Crippen molar-refractivity contribution in [2.75, 3.05) is 18.4 Å². The van der Waals surface area contributed by atoms with E-state index in [-0.39, 0.29) is 29.0 Å². The number of anilines is 1. The van der Waals surface area contributed by atoms with E-state index in [2.05, 4.69) is 15.5 Å². The van der Waals surface area contributed by atoms with Crippen molar-refractivity contribution in [3.8, 4) is 5.88 Å². The Balaban J connectivity index is 0.00000280.